The van der Waals surface area contributed by atoms with Crippen LogP contribution in [0, 0.1) is 6.92 Å². The third-order valence-corrected chi connectivity index (χ3v) is 5.54. The van der Waals surface area contributed by atoms with Crippen LogP contribution in [0.1, 0.15) is 10.6 Å². The Morgan fingerprint density at radius 1 is 1.29 bits per heavy atom. The van der Waals surface area contributed by atoms with Crippen molar-refractivity contribution in [2.24, 2.45) is 0 Å². The van der Waals surface area contributed by atoms with Crippen molar-refractivity contribution in [2.75, 3.05) is 11.1 Å². The maximum Gasteiger partial charge on any atom is 0.236 e. The lowest BCUT2D eigenvalue weighted by atomic mass is 10.2. The van der Waals surface area contributed by atoms with Gasteiger partial charge in [-0.15, -0.1) is 21.5 Å². The summed E-state index contributed by atoms with van der Waals surface area (Å²) in [7, 11) is 0. The standard InChI is InChI=1S/C18H16N6O2S2/c1-12-9-20-17(28-12)21-15(25)11-27-18-23-22-16(13-4-6-19-7-5-13)24(18)10-14-3-2-8-26-14/h2-9H,10-11H2,1H3,(H,20,21,25). The van der Waals surface area contributed by atoms with Gasteiger partial charge in [-0.2, -0.15) is 0 Å². The smallest absolute Gasteiger partial charge is 0.236 e. The number of carbonyl (C=O) groups excluding carboxylic acids is 1. The predicted molar refractivity (Wildman–Crippen MR) is 107 cm³/mol. The number of hydrogen-bond acceptors (Lipinski definition) is 8. The molecule has 0 fully saturated rings. The van der Waals surface area contributed by atoms with Crippen LogP contribution in [0.3, 0.4) is 0 Å². The largest absolute Gasteiger partial charge is 0.467 e. The third-order valence-electron chi connectivity index (χ3n) is 3.75. The number of pyridine rings is 1. The lowest BCUT2D eigenvalue weighted by Gasteiger charge is -2.08. The fourth-order valence-corrected chi connectivity index (χ4v) is 3.93. The second-order valence-electron chi connectivity index (χ2n) is 5.82. The molecular weight excluding hydrogens is 396 g/mol. The first-order chi connectivity index (χ1) is 13.7. The molecule has 0 aliphatic carbocycles. The minimum atomic E-state index is -0.141. The molecule has 1 amide bonds. The summed E-state index contributed by atoms with van der Waals surface area (Å²) in [5.74, 6) is 1.53. The number of thioether (sulfide) groups is 1. The normalized spacial score (nSPS) is 10.9. The van der Waals surface area contributed by atoms with E-state index in [-0.39, 0.29) is 11.7 Å². The molecule has 4 rings (SSSR count). The molecule has 0 bridgehead atoms. The van der Waals surface area contributed by atoms with Crippen molar-refractivity contribution in [3.05, 3.63) is 59.8 Å². The summed E-state index contributed by atoms with van der Waals surface area (Å²) in [5, 5.41) is 12.6. The number of anilines is 1. The van der Waals surface area contributed by atoms with Crippen molar-refractivity contribution >= 4 is 34.1 Å². The van der Waals surface area contributed by atoms with Gasteiger partial charge in [-0.1, -0.05) is 11.8 Å². The summed E-state index contributed by atoms with van der Waals surface area (Å²) in [6, 6.07) is 7.47. The van der Waals surface area contributed by atoms with E-state index >= 15 is 0 Å². The minimum absolute atomic E-state index is 0.141. The average Bonchev–Trinajstić information content (AvgIpc) is 3.44. The van der Waals surface area contributed by atoms with Gasteiger partial charge in [0.05, 0.1) is 18.6 Å². The molecule has 0 aliphatic heterocycles. The van der Waals surface area contributed by atoms with E-state index in [1.807, 2.05) is 35.8 Å². The van der Waals surface area contributed by atoms with Gasteiger partial charge in [0.2, 0.25) is 5.91 Å². The van der Waals surface area contributed by atoms with Crippen LogP contribution in [0.2, 0.25) is 0 Å². The minimum Gasteiger partial charge on any atom is -0.467 e. The van der Waals surface area contributed by atoms with E-state index < -0.39 is 0 Å². The van der Waals surface area contributed by atoms with Crippen LogP contribution in [0.15, 0.2) is 58.7 Å². The summed E-state index contributed by atoms with van der Waals surface area (Å²) >= 11 is 2.76. The van der Waals surface area contributed by atoms with Crippen LogP contribution in [-0.2, 0) is 11.3 Å². The number of amides is 1. The predicted octanol–water partition coefficient (Wildman–Crippen LogP) is 3.48. The van der Waals surface area contributed by atoms with Gasteiger partial charge in [0.25, 0.3) is 0 Å². The molecular formula is C18H16N6O2S2. The maximum absolute atomic E-state index is 12.3. The second-order valence-corrected chi connectivity index (χ2v) is 8.00. The number of aromatic nitrogens is 5. The van der Waals surface area contributed by atoms with Gasteiger partial charge in [0, 0.05) is 29.0 Å². The van der Waals surface area contributed by atoms with Crippen molar-refractivity contribution in [1.29, 1.82) is 0 Å². The van der Waals surface area contributed by atoms with E-state index in [2.05, 4.69) is 25.5 Å². The number of rotatable bonds is 7. The van der Waals surface area contributed by atoms with Crippen LogP contribution in [0.25, 0.3) is 11.4 Å². The van der Waals surface area contributed by atoms with Crippen molar-refractivity contribution in [2.45, 2.75) is 18.6 Å². The zero-order chi connectivity index (χ0) is 19.3. The molecule has 142 valence electrons. The lowest BCUT2D eigenvalue weighted by Crippen LogP contribution is -2.14. The van der Waals surface area contributed by atoms with Crippen LogP contribution in [-0.4, -0.2) is 36.4 Å². The number of hydrogen-bond donors (Lipinski definition) is 1. The summed E-state index contributed by atoms with van der Waals surface area (Å²) in [6.45, 7) is 2.41. The second kappa shape index (κ2) is 8.36. The first-order valence-corrected chi connectivity index (χ1v) is 10.2. The zero-order valence-corrected chi connectivity index (χ0v) is 16.5. The van der Waals surface area contributed by atoms with E-state index in [0.717, 1.165) is 16.2 Å². The molecule has 4 aromatic heterocycles. The van der Waals surface area contributed by atoms with Gasteiger partial charge in [-0.25, -0.2) is 4.98 Å². The highest BCUT2D eigenvalue weighted by atomic mass is 32.2. The highest BCUT2D eigenvalue weighted by Crippen LogP contribution is 2.25. The number of carbonyl (C=O) groups is 1. The fraction of sp³-hybridized carbons (Fsp3) is 0.167. The van der Waals surface area contributed by atoms with Crippen LogP contribution in [0.5, 0.6) is 0 Å². The average molecular weight is 413 g/mol. The van der Waals surface area contributed by atoms with E-state index in [1.54, 1.807) is 24.9 Å². The van der Waals surface area contributed by atoms with E-state index in [4.69, 9.17) is 4.42 Å². The highest BCUT2D eigenvalue weighted by molar-refractivity contribution is 7.99. The summed E-state index contributed by atoms with van der Waals surface area (Å²) in [4.78, 5) is 21.5. The Morgan fingerprint density at radius 3 is 2.86 bits per heavy atom. The van der Waals surface area contributed by atoms with Crippen LogP contribution >= 0.6 is 23.1 Å². The number of aryl methyl sites for hydroxylation is 1. The molecule has 0 radical (unpaired) electrons. The number of furan rings is 1. The zero-order valence-electron chi connectivity index (χ0n) is 14.9. The molecule has 0 aliphatic rings. The topological polar surface area (TPSA) is 98.7 Å². The van der Waals surface area contributed by atoms with Gasteiger partial charge in [0.1, 0.15) is 5.76 Å². The fourth-order valence-electron chi connectivity index (χ4n) is 2.51. The van der Waals surface area contributed by atoms with Gasteiger partial charge >= 0.3 is 0 Å². The molecule has 8 nitrogen and oxygen atoms in total. The SMILES string of the molecule is Cc1cnc(NC(=O)CSc2nnc(-c3ccncc3)n2Cc2ccco2)s1. The highest BCUT2D eigenvalue weighted by Gasteiger charge is 2.17. The Kier molecular flexibility index (Phi) is 5.49. The van der Waals surface area contributed by atoms with Crippen molar-refractivity contribution < 1.29 is 9.21 Å². The van der Waals surface area contributed by atoms with Gasteiger partial charge < -0.3 is 9.73 Å². The van der Waals surface area contributed by atoms with E-state index in [1.165, 1.54) is 23.1 Å². The van der Waals surface area contributed by atoms with Crippen molar-refractivity contribution in [1.82, 2.24) is 24.7 Å². The lowest BCUT2D eigenvalue weighted by molar-refractivity contribution is -0.113. The first-order valence-electron chi connectivity index (χ1n) is 8.40. The molecule has 28 heavy (non-hydrogen) atoms. The number of nitrogens with zero attached hydrogens (tertiary/aromatic N) is 5. The molecule has 0 saturated carbocycles. The quantitative estimate of drug-likeness (QED) is 0.464. The Bertz CT molecular complexity index is 1060. The molecule has 4 heterocycles. The maximum atomic E-state index is 12.3. The third kappa shape index (κ3) is 4.29. The summed E-state index contributed by atoms with van der Waals surface area (Å²) < 4.78 is 7.41. The van der Waals surface area contributed by atoms with Gasteiger partial charge in [0.15, 0.2) is 16.1 Å². The number of nitrogens with one attached hydrogen (secondary N) is 1. The first kappa shape index (κ1) is 18.4. The van der Waals surface area contributed by atoms with E-state index in [9.17, 15) is 4.79 Å². The van der Waals surface area contributed by atoms with Crippen LogP contribution < -0.4 is 5.32 Å². The molecule has 0 aromatic carbocycles. The van der Waals surface area contributed by atoms with Crippen LogP contribution in [0.4, 0.5) is 5.13 Å². The van der Waals surface area contributed by atoms with Gasteiger partial charge in [-0.05, 0) is 31.2 Å². The Labute approximate surface area is 169 Å². The molecule has 0 spiro atoms. The van der Waals surface area contributed by atoms with E-state index in [0.29, 0.717) is 22.7 Å². The Balaban J connectivity index is 1.52. The van der Waals surface area contributed by atoms with Gasteiger partial charge in [-0.3, -0.25) is 14.3 Å². The molecule has 0 unspecified atom stereocenters. The van der Waals surface area contributed by atoms with Crippen molar-refractivity contribution in [3.63, 3.8) is 0 Å². The molecule has 0 saturated heterocycles. The molecule has 4 aromatic rings. The molecule has 0 atom stereocenters. The summed E-state index contributed by atoms with van der Waals surface area (Å²) in [5.41, 5.74) is 0.892. The monoisotopic (exact) mass is 412 g/mol. The summed E-state index contributed by atoms with van der Waals surface area (Å²) in [6.07, 6.45) is 6.77. The Morgan fingerprint density at radius 2 is 2.14 bits per heavy atom. The molecule has 10 heteroatoms. The Hall–Kier alpha value is -2.98. The van der Waals surface area contributed by atoms with Crippen molar-refractivity contribution in [3.8, 4) is 11.4 Å². The number of thiazole rings is 1. The molecule has 1 N–H and O–H groups in total.